The van der Waals surface area contributed by atoms with Crippen molar-refractivity contribution < 1.29 is 8.78 Å². The maximum Gasteiger partial charge on any atom is 0.136 e. The predicted octanol–water partition coefficient (Wildman–Crippen LogP) is 2.64. The van der Waals surface area contributed by atoms with Crippen molar-refractivity contribution in [3.8, 4) is 0 Å². The highest BCUT2D eigenvalue weighted by Crippen LogP contribution is 2.18. The minimum atomic E-state index is -0.657. The van der Waals surface area contributed by atoms with Gasteiger partial charge in [-0.25, -0.2) is 18.7 Å². The van der Waals surface area contributed by atoms with Crippen LogP contribution in [0.25, 0.3) is 0 Å². The molecule has 0 aliphatic rings. The van der Waals surface area contributed by atoms with Gasteiger partial charge in [0.15, 0.2) is 0 Å². The van der Waals surface area contributed by atoms with Crippen molar-refractivity contribution in [1.29, 1.82) is 0 Å². The first-order valence-electron chi connectivity index (χ1n) is 5.43. The molecule has 0 spiro atoms. The molecule has 0 bridgehead atoms. The van der Waals surface area contributed by atoms with Gasteiger partial charge in [0.25, 0.3) is 0 Å². The van der Waals surface area contributed by atoms with E-state index in [1.165, 1.54) is 18.2 Å². The molecular weight excluding hydrogens is 238 g/mol. The summed E-state index contributed by atoms with van der Waals surface area (Å²) in [4.78, 5) is 8.17. The van der Waals surface area contributed by atoms with E-state index in [0.29, 0.717) is 23.9 Å². The number of halogens is 2. The van der Waals surface area contributed by atoms with Crippen LogP contribution >= 0.6 is 0 Å². The number of hydrogen-bond donors (Lipinski definition) is 2. The third-order valence-electron chi connectivity index (χ3n) is 2.24. The van der Waals surface area contributed by atoms with Gasteiger partial charge >= 0.3 is 0 Å². The Morgan fingerprint density at radius 1 is 1.11 bits per heavy atom. The van der Waals surface area contributed by atoms with Gasteiger partial charge in [-0.2, -0.15) is 0 Å². The molecule has 0 fully saturated rings. The van der Waals surface area contributed by atoms with Gasteiger partial charge in [-0.05, 0) is 12.1 Å². The van der Waals surface area contributed by atoms with Crippen LogP contribution in [-0.2, 0) is 6.42 Å². The van der Waals surface area contributed by atoms with Gasteiger partial charge in [0.2, 0.25) is 0 Å². The fourth-order valence-corrected chi connectivity index (χ4v) is 1.51. The Bertz CT molecular complexity index is 552. The molecule has 3 N–H and O–H groups in total. The number of benzene rings is 1. The molecule has 0 aliphatic carbocycles. The lowest BCUT2D eigenvalue weighted by molar-refractivity contribution is 0.584. The van der Waals surface area contributed by atoms with Crippen LogP contribution in [0.1, 0.15) is 12.7 Å². The normalized spacial score (nSPS) is 10.4. The second-order valence-corrected chi connectivity index (χ2v) is 3.73. The molecule has 94 valence electrons. The minimum Gasteiger partial charge on any atom is -0.384 e. The highest BCUT2D eigenvalue weighted by molar-refractivity contribution is 5.58. The van der Waals surface area contributed by atoms with Crippen molar-refractivity contribution in [2.24, 2.45) is 0 Å². The summed E-state index contributed by atoms with van der Waals surface area (Å²) in [6, 6.07) is 4.65. The lowest BCUT2D eigenvalue weighted by Crippen LogP contribution is -2.03. The zero-order chi connectivity index (χ0) is 13.1. The van der Waals surface area contributed by atoms with Gasteiger partial charge in [-0.1, -0.05) is 6.92 Å². The average Bonchev–Trinajstić information content (AvgIpc) is 2.26. The highest BCUT2D eigenvalue weighted by Gasteiger charge is 2.04. The first kappa shape index (κ1) is 12.2. The molecule has 0 atom stereocenters. The first-order chi connectivity index (χ1) is 8.56. The van der Waals surface area contributed by atoms with Crippen LogP contribution in [0.3, 0.4) is 0 Å². The molecule has 2 aromatic rings. The van der Waals surface area contributed by atoms with Crippen molar-refractivity contribution in [1.82, 2.24) is 9.97 Å². The molecule has 18 heavy (non-hydrogen) atoms. The molecule has 1 aromatic heterocycles. The van der Waals surface area contributed by atoms with E-state index in [4.69, 9.17) is 5.73 Å². The molecule has 0 radical (unpaired) electrons. The molecule has 0 saturated carbocycles. The number of rotatable bonds is 3. The highest BCUT2D eigenvalue weighted by atomic mass is 19.1. The zero-order valence-electron chi connectivity index (χ0n) is 9.74. The summed E-state index contributed by atoms with van der Waals surface area (Å²) in [5.74, 6) is -0.0366. The Balaban J connectivity index is 2.30. The number of aryl methyl sites for hydroxylation is 1. The van der Waals surface area contributed by atoms with Crippen molar-refractivity contribution in [2.75, 3.05) is 11.1 Å². The molecule has 1 heterocycles. The molecule has 1 aromatic carbocycles. The Morgan fingerprint density at radius 3 is 2.39 bits per heavy atom. The van der Waals surface area contributed by atoms with Gasteiger partial charge < -0.3 is 11.1 Å². The number of nitrogens with one attached hydrogen (secondary N) is 1. The van der Waals surface area contributed by atoms with E-state index in [0.717, 1.165) is 6.07 Å². The Labute approximate surface area is 103 Å². The maximum absolute atomic E-state index is 13.0. The van der Waals surface area contributed by atoms with Gasteiger partial charge in [0, 0.05) is 24.2 Å². The summed E-state index contributed by atoms with van der Waals surface area (Å²) in [7, 11) is 0. The van der Waals surface area contributed by atoms with Gasteiger partial charge in [0.1, 0.15) is 29.1 Å². The quantitative estimate of drug-likeness (QED) is 0.879. The topological polar surface area (TPSA) is 63.8 Å². The lowest BCUT2D eigenvalue weighted by atomic mass is 10.3. The zero-order valence-corrected chi connectivity index (χ0v) is 9.74. The lowest BCUT2D eigenvalue weighted by Gasteiger charge is -2.08. The molecule has 0 amide bonds. The number of nitrogens with two attached hydrogens (primary N) is 1. The summed E-state index contributed by atoms with van der Waals surface area (Å²) in [6.07, 6.45) is 0.622. The molecular formula is C12H12F2N4. The summed E-state index contributed by atoms with van der Waals surface area (Å²) >= 11 is 0. The fourth-order valence-electron chi connectivity index (χ4n) is 1.51. The van der Waals surface area contributed by atoms with Crippen molar-refractivity contribution in [3.05, 3.63) is 41.7 Å². The third kappa shape index (κ3) is 2.91. The second-order valence-electron chi connectivity index (χ2n) is 3.73. The molecule has 4 nitrogen and oxygen atoms in total. The van der Waals surface area contributed by atoms with E-state index in [2.05, 4.69) is 15.3 Å². The van der Waals surface area contributed by atoms with Gasteiger partial charge in [-0.15, -0.1) is 0 Å². The van der Waals surface area contributed by atoms with Gasteiger partial charge in [0.05, 0.1) is 0 Å². The molecule has 0 aliphatic heterocycles. The smallest absolute Gasteiger partial charge is 0.136 e. The average molecular weight is 250 g/mol. The second kappa shape index (κ2) is 4.95. The number of nitrogens with zero attached hydrogens (tertiary/aromatic N) is 2. The van der Waals surface area contributed by atoms with E-state index in [1.54, 1.807) is 0 Å². The standard InChI is InChI=1S/C12H12F2N4/c1-2-11-17-10(15)6-12(18-11)16-9-4-7(13)3-8(14)5-9/h3-6H,2H2,1H3,(H3,15,16,17,18). The van der Waals surface area contributed by atoms with Crippen LogP contribution in [0.5, 0.6) is 0 Å². The molecule has 6 heteroatoms. The number of nitrogen functional groups attached to an aromatic ring is 1. The van der Waals surface area contributed by atoms with Crippen molar-refractivity contribution in [3.63, 3.8) is 0 Å². The van der Waals surface area contributed by atoms with E-state index in [1.807, 2.05) is 6.92 Å². The fraction of sp³-hybridized carbons (Fsp3) is 0.167. The Morgan fingerprint density at radius 2 is 1.78 bits per heavy atom. The van der Waals surface area contributed by atoms with Crippen LogP contribution in [0.4, 0.5) is 26.1 Å². The van der Waals surface area contributed by atoms with E-state index in [9.17, 15) is 8.78 Å². The number of anilines is 3. The largest absolute Gasteiger partial charge is 0.384 e. The SMILES string of the molecule is CCc1nc(N)cc(Nc2cc(F)cc(F)c2)n1. The van der Waals surface area contributed by atoms with Crippen molar-refractivity contribution in [2.45, 2.75) is 13.3 Å². The Kier molecular flexibility index (Phi) is 3.36. The molecule has 0 saturated heterocycles. The summed E-state index contributed by atoms with van der Waals surface area (Å²) in [6.45, 7) is 1.89. The van der Waals surface area contributed by atoms with Gasteiger partial charge in [-0.3, -0.25) is 0 Å². The van der Waals surface area contributed by atoms with Crippen LogP contribution in [0.15, 0.2) is 24.3 Å². The maximum atomic E-state index is 13.0. The van der Waals surface area contributed by atoms with Crippen LogP contribution < -0.4 is 11.1 Å². The summed E-state index contributed by atoms with van der Waals surface area (Å²) in [5, 5.41) is 2.79. The number of hydrogen-bond acceptors (Lipinski definition) is 4. The van der Waals surface area contributed by atoms with E-state index < -0.39 is 11.6 Å². The first-order valence-corrected chi connectivity index (χ1v) is 5.43. The predicted molar refractivity (Wildman–Crippen MR) is 65.5 cm³/mol. The monoisotopic (exact) mass is 250 g/mol. The van der Waals surface area contributed by atoms with Crippen LogP contribution in [0, 0.1) is 11.6 Å². The summed E-state index contributed by atoms with van der Waals surface area (Å²) in [5.41, 5.74) is 5.88. The third-order valence-corrected chi connectivity index (χ3v) is 2.24. The number of aromatic nitrogens is 2. The summed E-state index contributed by atoms with van der Waals surface area (Å²) < 4.78 is 26.0. The molecule has 2 rings (SSSR count). The van der Waals surface area contributed by atoms with Crippen LogP contribution in [-0.4, -0.2) is 9.97 Å². The Hall–Kier alpha value is -2.24. The van der Waals surface area contributed by atoms with E-state index in [-0.39, 0.29) is 5.69 Å². The van der Waals surface area contributed by atoms with Crippen molar-refractivity contribution >= 4 is 17.3 Å². The van der Waals surface area contributed by atoms with Crippen LogP contribution in [0.2, 0.25) is 0 Å². The van der Waals surface area contributed by atoms with E-state index >= 15 is 0 Å². The minimum absolute atomic E-state index is 0.271. The molecule has 0 unspecified atom stereocenters.